The van der Waals surface area contributed by atoms with Crippen LogP contribution in [0.25, 0.3) is 0 Å². The molecule has 0 saturated carbocycles. The van der Waals surface area contributed by atoms with Crippen molar-refractivity contribution in [2.24, 2.45) is 10.7 Å². The average molecular weight is 506 g/mol. The zero-order chi connectivity index (χ0) is 25.5. The highest BCUT2D eigenvalue weighted by Crippen LogP contribution is 2.26. The quantitative estimate of drug-likeness (QED) is 0.301. The Balaban J connectivity index is 1.29. The van der Waals surface area contributed by atoms with Crippen LogP contribution in [-0.2, 0) is 16.1 Å². The molecule has 0 spiro atoms. The zero-order valence-electron chi connectivity index (χ0n) is 20.4. The fourth-order valence-electron chi connectivity index (χ4n) is 4.22. The van der Waals surface area contributed by atoms with Gasteiger partial charge in [0, 0.05) is 34.6 Å². The van der Waals surface area contributed by atoms with Gasteiger partial charge in [-0.15, -0.1) is 11.3 Å². The second-order valence-electron chi connectivity index (χ2n) is 8.66. The fraction of sp³-hybridized carbons (Fsp3) is 0.296. The molecule has 0 bridgehead atoms. The molecule has 2 amide bonds. The Bertz CT molecular complexity index is 1210. The number of nitrogens with zero attached hydrogens (tertiary/aromatic N) is 2. The highest BCUT2D eigenvalue weighted by molar-refractivity contribution is 7.10. The number of hydrogen-bond donors (Lipinski definition) is 3. The van der Waals surface area contributed by atoms with Gasteiger partial charge in [0.15, 0.2) is 0 Å². The molecular formula is C27H31N5O3S. The minimum Gasteiger partial charge on any atom is -0.457 e. The normalized spacial score (nSPS) is 17.6. The average Bonchev–Trinajstić information content (AvgIpc) is 3.54. The second kappa shape index (κ2) is 11.7. The number of likely N-dealkylation sites (tertiary alicyclic amines) is 1. The molecule has 4 N–H and O–H groups in total. The summed E-state index contributed by atoms with van der Waals surface area (Å²) in [5.41, 5.74) is 7.51. The van der Waals surface area contributed by atoms with E-state index in [4.69, 9.17) is 10.5 Å². The van der Waals surface area contributed by atoms with Crippen LogP contribution in [0.2, 0.25) is 0 Å². The summed E-state index contributed by atoms with van der Waals surface area (Å²) in [5, 5.41) is 8.07. The van der Waals surface area contributed by atoms with Crippen molar-refractivity contribution in [3.63, 3.8) is 0 Å². The molecule has 2 aromatic carbocycles. The van der Waals surface area contributed by atoms with E-state index in [-0.39, 0.29) is 24.4 Å². The highest BCUT2D eigenvalue weighted by Gasteiger charge is 2.38. The number of nitrogens with two attached hydrogens (primary N) is 1. The van der Waals surface area contributed by atoms with E-state index >= 15 is 0 Å². The van der Waals surface area contributed by atoms with Gasteiger partial charge < -0.3 is 26.0 Å². The molecule has 0 radical (unpaired) electrons. The third-order valence-electron chi connectivity index (χ3n) is 6.16. The van der Waals surface area contributed by atoms with Gasteiger partial charge in [0.05, 0.1) is 13.1 Å². The van der Waals surface area contributed by atoms with Crippen LogP contribution >= 0.6 is 11.3 Å². The fourth-order valence-corrected chi connectivity index (χ4v) is 5.04. The van der Waals surface area contributed by atoms with Gasteiger partial charge in [-0.25, -0.2) is 0 Å². The van der Waals surface area contributed by atoms with Crippen molar-refractivity contribution >= 4 is 34.7 Å². The molecule has 9 heteroatoms. The molecule has 2 heterocycles. The van der Waals surface area contributed by atoms with Crippen molar-refractivity contribution in [1.82, 2.24) is 10.2 Å². The number of rotatable bonds is 9. The van der Waals surface area contributed by atoms with E-state index in [2.05, 4.69) is 15.6 Å². The maximum atomic E-state index is 13.1. The predicted octanol–water partition coefficient (Wildman–Crippen LogP) is 3.98. The molecule has 188 valence electrons. The SMILES string of the molecule is CN=C(N)c1csc(CNC(=O)C2CCC(C)N2C(=O)CNc2ccc(Oc3ccccc3)cc2)c1. The molecule has 0 aliphatic carbocycles. The van der Waals surface area contributed by atoms with Crippen molar-refractivity contribution in [2.45, 2.75) is 38.4 Å². The lowest BCUT2D eigenvalue weighted by Gasteiger charge is -2.28. The molecule has 4 rings (SSSR count). The summed E-state index contributed by atoms with van der Waals surface area (Å²) in [6.45, 7) is 2.49. The Hall–Kier alpha value is -3.85. The summed E-state index contributed by atoms with van der Waals surface area (Å²) in [6.07, 6.45) is 1.44. The lowest BCUT2D eigenvalue weighted by Crippen LogP contribution is -2.49. The maximum Gasteiger partial charge on any atom is 0.243 e. The first kappa shape index (κ1) is 25.2. The third-order valence-corrected chi connectivity index (χ3v) is 7.10. The summed E-state index contributed by atoms with van der Waals surface area (Å²) in [5.74, 6) is 1.71. The standard InChI is InChI=1S/C27H31N5O3S/c1-18-8-13-24(27(34)31-15-23-14-19(17-36-23)26(28)29-2)32(18)25(33)16-30-20-9-11-22(12-10-20)35-21-6-4-3-5-7-21/h3-7,9-12,14,17-18,24,30H,8,13,15-16H2,1-2H3,(H2,28,29)(H,31,34). The molecule has 2 atom stereocenters. The predicted molar refractivity (Wildman–Crippen MR) is 144 cm³/mol. The van der Waals surface area contributed by atoms with Gasteiger partial charge in [-0.05, 0) is 62.2 Å². The van der Waals surface area contributed by atoms with E-state index in [0.29, 0.717) is 24.6 Å². The van der Waals surface area contributed by atoms with Crippen LogP contribution in [0.4, 0.5) is 5.69 Å². The van der Waals surface area contributed by atoms with E-state index in [1.807, 2.05) is 73.0 Å². The van der Waals surface area contributed by atoms with Crippen molar-refractivity contribution < 1.29 is 14.3 Å². The summed E-state index contributed by atoms with van der Waals surface area (Å²) in [7, 11) is 1.64. The van der Waals surface area contributed by atoms with E-state index in [1.165, 1.54) is 11.3 Å². The van der Waals surface area contributed by atoms with Crippen LogP contribution in [0.1, 0.15) is 30.2 Å². The number of benzene rings is 2. The summed E-state index contributed by atoms with van der Waals surface area (Å²) >= 11 is 1.52. The zero-order valence-corrected chi connectivity index (χ0v) is 21.3. The van der Waals surface area contributed by atoms with Gasteiger partial charge in [-0.2, -0.15) is 0 Å². The number of nitrogens with one attached hydrogen (secondary N) is 2. The van der Waals surface area contributed by atoms with Crippen LogP contribution in [0, 0.1) is 0 Å². The Labute approximate surface area is 215 Å². The van der Waals surface area contributed by atoms with Crippen molar-refractivity contribution in [2.75, 3.05) is 18.9 Å². The second-order valence-corrected chi connectivity index (χ2v) is 9.66. The lowest BCUT2D eigenvalue weighted by molar-refractivity contribution is -0.138. The molecule has 1 aromatic heterocycles. The number of carbonyl (C=O) groups excluding carboxylic acids is 2. The van der Waals surface area contributed by atoms with Gasteiger partial charge in [0.1, 0.15) is 23.4 Å². The van der Waals surface area contributed by atoms with Crippen molar-refractivity contribution in [3.8, 4) is 11.5 Å². The Morgan fingerprint density at radius 2 is 1.83 bits per heavy atom. The first-order valence-corrected chi connectivity index (χ1v) is 12.8. The summed E-state index contributed by atoms with van der Waals surface area (Å²) < 4.78 is 5.81. The number of hydrogen-bond acceptors (Lipinski definition) is 6. The minimum atomic E-state index is -0.474. The van der Waals surface area contributed by atoms with Crippen LogP contribution in [-0.4, -0.2) is 48.2 Å². The smallest absolute Gasteiger partial charge is 0.243 e. The number of thiophene rings is 1. The number of ether oxygens (including phenoxy) is 1. The van der Waals surface area contributed by atoms with Gasteiger partial charge >= 0.3 is 0 Å². The van der Waals surface area contributed by atoms with Gasteiger partial charge in [0.2, 0.25) is 11.8 Å². The number of para-hydroxylation sites is 1. The summed E-state index contributed by atoms with van der Waals surface area (Å²) in [4.78, 5) is 32.7. The monoisotopic (exact) mass is 505 g/mol. The number of amides is 2. The largest absolute Gasteiger partial charge is 0.457 e. The van der Waals surface area contributed by atoms with E-state index in [1.54, 1.807) is 11.9 Å². The van der Waals surface area contributed by atoms with Crippen LogP contribution < -0.4 is 21.1 Å². The first-order chi connectivity index (χ1) is 17.4. The van der Waals surface area contributed by atoms with Crippen LogP contribution in [0.5, 0.6) is 11.5 Å². The van der Waals surface area contributed by atoms with Gasteiger partial charge in [0.25, 0.3) is 0 Å². The van der Waals surface area contributed by atoms with E-state index in [0.717, 1.165) is 28.3 Å². The number of anilines is 1. The Morgan fingerprint density at radius 3 is 2.56 bits per heavy atom. The molecule has 1 aliphatic heterocycles. The first-order valence-electron chi connectivity index (χ1n) is 11.9. The van der Waals surface area contributed by atoms with Crippen LogP contribution in [0.15, 0.2) is 71.0 Å². The third kappa shape index (κ3) is 6.23. The highest BCUT2D eigenvalue weighted by atomic mass is 32.1. The van der Waals surface area contributed by atoms with E-state index < -0.39 is 6.04 Å². The summed E-state index contributed by atoms with van der Waals surface area (Å²) in [6, 6.07) is 18.5. The lowest BCUT2D eigenvalue weighted by atomic mass is 10.2. The molecular weight excluding hydrogens is 474 g/mol. The maximum absolute atomic E-state index is 13.1. The van der Waals surface area contributed by atoms with E-state index in [9.17, 15) is 9.59 Å². The minimum absolute atomic E-state index is 0.00519. The Kier molecular flexibility index (Phi) is 8.22. The Morgan fingerprint density at radius 1 is 1.11 bits per heavy atom. The molecule has 1 aliphatic rings. The van der Waals surface area contributed by atoms with Crippen LogP contribution in [0.3, 0.4) is 0 Å². The number of aliphatic imine (C=N–C) groups is 1. The van der Waals surface area contributed by atoms with Gasteiger partial charge in [-0.1, -0.05) is 18.2 Å². The van der Waals surface area contributed by atoms with Gasteiger partial charge in [-0.3, -0.25) is 14.6 Å². The van der Waals surface area contributed by atoms with Crippen molar-refractivity contribution in [3.05, 3.63) is 76.5 Å². The van der Waals surface area contributed by atoms with Crippen molar-refractivity contribution in [1.29, 1.82) is 0 Å². The molecule has 1 saturated heterocycles. The molecule has 1 fully saturated rings. The molecule has 36 heavy (non-hydrogen) atoms. The molecule has 2 unspecified atom stereocenters. The molecule has 8 nitrogen and oxygen atoms in total. The molecule has 3 aromatic rings. The number of carbonyl (C=O) groups is 2. The number of amidine groups is 1. The topological polar surface area (TPSA) is 109 Å².